The van der Waals surface area contributed by atoms with E-state index in [9.17, 15) is 35.1 Å². The summed E-state index contributed by atoms with van der Waals surface area (Å²) in [7, 11) is 0. The Kier molecular flexibility index (Phi) is 49.9. The molecule has 11 nitrogen and oxygen atoms in total. The first-order chi connectivity index (χ1) is 37.7. The minimum atomic E-state index is -1.63. The average molecular weight is 1080 g/mol. The Hall–Kier alpha value is -3.16. The van der Waals surface area contributed by atoms with Crippen LogP contribution in [0.25, 0.3) is 0 Å². The zero-order valence-corrected chi connectivity index (χ0v) is 49.1. The lowest BCUT2D eigenvalue weighted by Crippen LogP contribution is -2.61. The summed E-state index contributed by atoms with van der Waals surface area (Å²) in [5.41, 5.74) is 0. The zero-order valence-electron chi connectivity index (χ0n) is 49.1. The zero-order chi connectivity index (χ0) is 56.1. The van der Waals surface area contributed by atoms with Crippen molar-refractivity contribution in [1.82, 2.24) is 5.32 Å². The van der Waals surface area contributed by atoms with Crippen molar-refractivity contribution in [3.63, 3.8) is 0 Å². The lowest BCUT2D eigenvalue weighted by molar-refractivity contribution is -0.305. The van der Waals surface area contributed by atoms with Gasteiger partial charge in [-0.2, -0.15) is 0 Å². The fourth-order valence-electron chi connectivity index (χ4n) is 9.27. The second-order valence-corrected chi connectivity index (χ2v) is 21.5. The number of unbranched alkanes of at least 4 members (excludes halogenated alkanes) is 27. The maximum atomic E-state index is 13.4. The monoisotopic (exact) mass is 1080 g/mol. The summed E-state index contributed by atoms with van der Waals surface area (Å²) in [6.07, 6.45) is 58.9. The molecule has 1 saturated heterocycles. The third-order valence-corrected chi connectivity index (χ3v) is 14.3. The molecule has 77 heavy (non-hydrogen) atoms. The molecular weight excluding hydrogens is 967 g/mol. The number of allylic oxidation sites excluding steroid dienone is 13. The molecule has 1 amide bonds. The summed E-state index contributed by atoms with van der Waals surface area (Å²) in [5, 5.41) is 57.0. The number of carbonyl (C=O) groups excluding carboxylic acids is 2. The normalized spacial score (nSPS) is 19.6. The van der Waals surface area contributed by atoms with E-state index < -0.39 is 67.4 Å². The number of nitrogens with one attached hydrogen (secondary N) is 1. The van der Waals surface area contributed by atoms with Crippen LogP contribution in [0.4, 0.5) is 0 Å². The first kappa shape index (κ1) is 71.9. The van der Waals surface area contributed by atoms with Gasteiger partial charge >= 0.3 is 5.97 Å². The Bertz CT molecular complexity index is 1570. The van der Waals surface area contributed by atoms with E-state index in [0.717, 1.165) is 109 Å². The molecule has 8 unspecified atom stereocenters. The molecule has 444 valence electrons. The summed E-state index contributed by atoms with van der Waals surface area (Å²) in [6.45, 7) is 5.71. The summed E-state index contributed by atoms with van der Waals surface area (Å²) < 4.78 is 17.6. The van der Waals surface area contributed by atoms with Crippen molar-refractivity contribution in [2.24, 2.45) is 0 Å². The minimum Gasteiger partial charge on any atom is -0.454 e. The van der Waals surface area contributed by atoms with Crippen molar-refractivity contribution in [3.05, 3.63) is 85.1 Å². The SMILES string of the molecule is CCCCC/C=C\C/C=C\C/C=C\C/C=C\CCCCCCC(O)C(=O)NC(COC1OC(CO)C(O)C(O)C1OC(=O)CCCCCCCC/C=C/C=C/CCCCC)C(O)/C=C/CCCCCCCCCCCCC. The van der Waals surface area contributed by atoms with Crippen LogP contribution < -0.4 is 5.32 Å². The van der Waals surface area contributed by atoms with E-state index in [1.54, 1.807) is 6.08 Å². The summed E-state index contributed by atoms with van der Waals surface area (Å²) >= 11 is 0. The van der Waals surface area contributed by atoms with Gasteiger partial charge in [-0.15, -0.1) is 0 Å². The van der Waals surface area contributed by atoms with E-state index in [0.29, 0.717) is 12.8 Å². The van der Waals surface area contributed by atoms with Crippen LogP contribution >= 0.6 is 0 Å². The highest BCUT2D eigenvalue weighted by Gasteiger charge is 2.47. The summed E-state index contributed by atoms with van der Waals surface area (Å²) in [4.78, 5) is 26.5. The largest absolute Gasteiger partial charge is 0.454 e. The van der Waals surface area contributed by atoms with Gasteiger partial charge in [-0.25, -0.2) is 0 Å². The molecule has 1 heterocycles. The molecule has 0 aliphatic carbocycles. The second-order valence-electron chi connectivity index (χ2n) is 21.5. The Morgan fingerprint density at radius 2 is 0.935 bits per heavy atom. The van der Waals surface area contributed by atoms with Crippen LogP contribution in [0.1, 0.15) is 258 Å². The van der Waals surface area contributed by atoms with Crippen molar-refractivity contribution in [2.75, 3.05) is 13.2 Å². The summed E-state index contributed by atoms with van der Waals surface area (Å²) in [5.74, 6) is -1.23. The van der Waals surface area contributed by atoms with Gasteiger partial charge in [0.25, 0.3) is 0 Å². The van der Waals surface area contributed by atoms with Gasteiger partial charge in [-0.1, -0.05) is 241 Å². The standard InChI is InChI=1S/C66H115NO10/c1-4-7-10-13-16-19-22-25-27-28-29-30-31-33-35-38-41-44-47-50-53-59(70)65(74)67-57(58(69)52-49-46-43-40-37-34-24-21-18-15-12-9-6-3)56-75-66-64(63(73)62(72)60(55-68)76-66)77-61(71)54-51-48-45-42-39-36-32-26-23-20-17-14-11-8-5-2/h16-17,19-20,23,25-27,29-30,33,35,49,52,57-60,62-64,66,68-70,72-73H,4-15,18,21-22,24,28,31-32,34,36-48,50-51,53-56H2,1-3H3,(H,67,74)/b19-16-,20-17+,26-23+,27-25-,30-29-,35-33-,52-49+. The Morgan fingerprint density at radius 1 is 0.519 bits per heavy atom. The minimum absolute atomic E-state index is 0.105. The van der Waals surface area contributed by atoms with E-state index >= 15 is 0 Å². The molecule has 1 aliphatic heterocycles. The van der Waals surface area contributed by atoms with Crippen molar-refractivity contribution in [1.29, 1.82) is 0 Å². The summed E-state index contributed by atoms with van der Waals surface area (Å²) in [6, 6.07) is -1.04. The molecule has 8 atom stereocenters. The molecule has 1 aliphatic rings. The van der Waals surface area contributed by atoms with Crippen LogP contribution in [-0.4, -0.2) is 99.6 Å². The maximum Gasteiger partial charge on any atom is 0.306 e. The molecule has 1 rings (SSSR count). The Labute approximate surface area is 470 Å². The van der Waals surface area contributed by atoms with Gasteiger partial charge in [-0.05, 0) is 96.3 Å². The van der Waals surface area contributed by atoms with E-state index in [1.807, 2.05) is 6.08 Å². The van der Waals surface area contributed by atoms with Gasteiger partial charge in [0.05, 0.1) is 25.4 Å². The molecule has 0 aromatic rings. The number of aliphatic hydroxyl groups is 5. The molecular formula is C66H115NO10. The Morgan fingerprint density at radius 3 is 1.44 bits per heavy atom. The van der Waals surface area contributed by atoms with Crippen LogP contribution in [0, 0.1) is 0 Å². The van der Waals surface area contributed by atoms with Crippen LogP contribution in [0.2, 0.25) is 0 Å². The number of hydrogen-bond acceptors (Lipinski definition) is 10. The number of ether oxygens (including phenoxy) is 3. The first-order valence-corrected chi connectivity index (χ1v) is 31.4. The Balaban J connectivity index is 2.72. The molecule has 0 spiro atoms. The predicted octanol–water partition coefficient (Wildman–Crippen LogP) is 14.9. The number of hydrogen-bond donors (Lipinski definition) is 6. The molecule has 0 radical (unpaired) electrons. The van der Waals surface area contributed by atoms with Crippen LogP contribution in [0.3, 0.4) is 0 Å². The fourth-order valence-corrected chi connectivity index (χ4v) is 9.27. The van der Waals surface area contributed by atoms with Crippen LogP contribution in [-0.2, 0) is 23.8 Å². The average Bonchev–Trinajstić information content (AvgIpc) is 3.43. The number of rotatable bonds is 52. The van der Waals surface area contributed by atoms with Crippen LogP contribution in [0.15, 0.2) is 85.1 Å². The van der Waals surface area contributed by atoms with Gasteiger partial charge < -0.3 is 45.1 Å². The molecule has 0 aromatic heterocycles. The second kappa shape index (κ2) is 53.5. The van der Waals surface area contributed by atoms with Crippen molar-refractivity contribution in [3.8, 4) is 0 Å². The third-order valence-electron chi connectivity index (χ3n) is 14.3. The van der Waals surface area contributed by atoms with Gasteiger partial charge in [0.15, 0.2) is 12.4 Å². The maximum absolute atomic E-state index is 13.4. The van der Waals surface area contributed by atoms with Gasteiger partial charge in [-0.3, -0.25) is 9.59 Å². The molecule has 0 saturated carbocycles. The highest BCUT2D eigenvalue weighted by atomic mass is 16.7. The number of carbonyl (C=O) groups is 2. The molecule has 6 N–H and O–H groups in total. The molecule has 1 fully saturated rings. The highest BCUT2D eigenvalue weighted by Crippen LogP contribution is 2.26. The van der Waals surface area contributed by atoms with E-state index in [4.69, 9.17) is 14.2 Å². The van der Waals surface area contributed by atoms with Gasteiger partial charge in [0.2, 0.25) is 5.91 Å². The lowest BCUT2D eigenvalue weighted by atomic mass is 9.99. The van der Waals surface area contributed by atoms with Crippen molar-refractivity contribution in [2.45, 2.75) is 307 Å². The number of esters is 1. The first-order valence-electron chi connectivity index (χ1n) is 31.4. The van der Waals surface area contributed by atoms with E-state index in [-0.39, 0.29) is 19.4 Å². The molecule has 0 bridgehead atoms. The number of amides is 1. The van der Waals surface area contributed by atoms with Gasteiger partial charge in [0.1, 0.15) is 24.4 Å². The lowest BCUT2D eigenvalue weighted by Gasteiger charge is -2.41. The van der Waals surface area contributed by atoms with Gasteiger partial charge in [0, 0.05) is 6.42 Å². The quantitative estimate of drug-likeness (QED) is 0.0149. The number of aliphatic hydroxyl groups excluding tert-OH is 5. The molecule has 11 heteroatoms. The highest BCUT2D eigenvalue weighted by molar-refractivity contribution is 5.80. The van der Waals surface area contributed by atoms with Crippen LogP contribution in [0.5, 0.6) is 0 Å². The topological polar surface area (TPSA) is 175 Å². The van der Waals surface area contributed by atoms with Crippen molar-refractivity contribution < 1.29 is 49.3 Å². The molecule has 0 aromatic carbocycles. The predicted molar refractivity (Wildman–Crippen MR) is 319 cm³/mol. The van der Waals surface area contributed by atoms with Crippen molar-refractivity contribution >= 4 is 11.9 Å². The van der Waals surface area contributed by atoms with E-state index in [2.05, 4.69) is 99.0 Å². The fraction of sp³-hybridized carbons (Fsp3) is 0.758. The smallest absolute Gasteiger partial charge is 0.306 e. The van der Waals surface area contributed by atoms with E-state index in [1.165, 1.54) is 103 Å². The third kappa shape index (κ3) is 41.5.